The van der Waals surface area contributed by atoms with Crippen molar-refractivity contribution in [2.45, 2.75) is 6.42 Å². The molecule has 0 aromatic rings. The van der Waals surface area contributed by atoms with E-state index in [4.69, 9.17) is 9.59 Å². The number of carbonyl (C=O) groups excluding carboxylic acids is 2. The standard InChI is InChI=1S/C7H8.2CO.Ru/c1-2-4-6-7-5-3-1;2*1-2;/h1-6H,7H2;;;. The van der Waals surface area contributed by atoms with E-state index in [1.165, 1.54) is 8.95 Å². The van der Waals surface area contributed by atoms with Gasteiger partial charge in [0.1, 0.15) is 0 Å². The molecule has 0 radical (unpaired) electrons. The van der Waals surface area contributed by atoms with Gasteiger partial charge in [-0.1, -0.05) is 36.5 Å². The maximum atomic E-state index is 9.06. The van der Waals surface area contributed by atoms with Gasteiger partial charge in [0.05, 0.1) is 0 Å². The van der Waals surface area contributed by atoms with Crippen LogP contribution in [0.1, 0.15) is 6.42 Å². The van der Waals surface area contributed by atoms with Gasteiger partial charge in [-0.3, -0.25) is 0 Å². The summed E-state index contributed by atoms with van der Waals surface area (Å²) < 4.78 is 2.87. The predicted octanol–water partition coefficient (Wildman–Crippen LogP) is 1.26. The van der Waals surface area contributed by atoms with Crippen LogP contribution in [0.25, 0.3) is 0 Å². The molecule has 0 saturated heterocycles. The van der Waals surface area contributed by atoms with Crippen molar-refractivity contribution in [3.8, 4) is 0 Å². The van der Waals surface area contributed by atoms with Gasteiger partial charge in [-0.2, -0.15) is 0 Å². The molecule has 2 nitrogen and oxygen atoms in total. The van der Waals surface area contributed by atoms with Crippen molar-refractivity contribution < 1.29 is 25.8 Å². The molecule has 0 fully saturated rings. The average molecular weight is 249 g/mol. The summed E-state index contributed by atoms with van der Waals surface area (Å²) in [7, 11) is 0. The van der Waals surface area contributed by atoms with Crippen LogP contribution >= 0.6 is 0 Å². The first-order valence-corrected chi connectivity index (χ1v) is 4.98. The molecule has 1 aliphatic rings. The number of hydrogen-bond donors (Lipinski definition) is 0. The van der Waals surface area contributed by atoms with E-state index in [-0.39, 0.29) is 0 Å². The number of hydrogen-bond acceptors (Lipinski definition) is 2. The van der Waals surface area contributed by atoms with Crippen LogP contribution in [0.5, 0.6) is 0 Å². The fraction of sp³-hybridized carbons (Fsp3) is 0.111. The van der Waals surface area contributed by atoms with Crippen LogP contribution in [0, 0.1) is 0 Å². The van der Waals surface area contributed by atoms with Crippen LogP contribution in [0.15, 0.2) is 36.5 Å². The molecule has 0 aliphatic heterocycles. The van der Waals surface area contributed by atoms with E-state index in [9.17, 15) is 0 Å². The molecule has 1 aliphatic carbocycles. The van der Waals surface area contributed by atoms with E-state index in [2.05, 4.69) is 24.3 Å². The second-order valence-electron chi connectivity index (χ2n) is 1.71. The molecular formula is C9H8O2Ru. The first kappa shape index (κ1) is 11.0. The normalized spacial score (nSPS) is 12.0. The van der Waals surface area contributed by atoms with Crippen molar-refractivity contribution in [3.63, 3.8) is 0 Å². The Morgan fingerprint density at radius 1 is 0.917 bits per heavy atom. The number of rotatable bonds is 0. The van der Waals surface area contributed by atoms with E-state index in [0.29, 0.717) is 0 Å². The van der Waals surface area contributed by atoms with Gasteiger partial charge in [-0.05, 0) is 6.42 Å². The van der Waals surface area contributed by atoms with Crippen molar-refractivity contribution in [2.75, 3.05) is 0 Å². The molecule has 0 heterocycles. The summed E-state index contributed by atoms with van der Waals surface area (Å²) >= 11 is -0.842. The van der Waals surface area contributed by atoms with Crippen molar-refractivity contribution in [3.05, 3.63) is 36.5 Å². The van der Waals surface area contributed by atoms with Crippen LogP contribution in [0.2, 0.25) is 0 Å². The molecule has 0 atom stereocenters. The second-order valence-corrected chi connectivity index (χ2v) is 2.85. The fourth-order valence-corrected chi connectivity index (χ4v) is 0.608. The predicted molar refractivity (Wildman–Crippen MR) is 43.4 cm³/mol. The third kappa shape index (κ3) is 9.00. The van der Waals surface area contributed by atoms with Gasteiger partial charge in [-0.15, -0.1) is 0 Å². The Kier molecular flexibility index (Phi) is 9.17. The molecule has 0 unspecified atom stereocenters. The van der Waals surface area contributed by atoms with Gasteiger partial charge < -0.3 is 0 Å². The molecule has 3 heteroatoms. The molecule has 0 bridgehead atoms. The van der Waals surface area contributed by atoms with Crippen molar-refractivity contribution in [1.29, 1.82) is 0 Å². The van der Waals surface area contributed by atoms with Crippen molar-refractivity contribution >= 4 is 8.95 Å². The maximum absolute atomic E-state index is 9.06. The third-order valence-electron chi connectivity index (χ3n) is 0.950. The number of allylic oxidation sites excluding steroid dienone is 6. The fourth-order valence-electron chi connectivity index (χ4n) is 0.536. The van der Waals surface area contributed by atoms with E-state index < -0.39 is 16.2 Å². The first-order chi connectivity index (χ1) is 5.91. The molecular weight excluding hydrogens is 241 g/mol. The van der Waals surface area contributed by atoms with Crippen LogP contribution in [-0.2, 0) is 25.8 Å². The molecule has 0 spiro atoms. The summed E-state index contributed by atoms with van der Waals surface area (Å²) in [6, 6.07) is 0. The molecule has 0 aromatic heterocycles. The van der Waals surface area contributed by atoms with Crippen LogP contribution in [0.3, 0.4) is 0 Å². The summed E-state index contributed by atoms with van der Waals surface area (Å²) in [5.41, 5.74) is 0. The zero-order valence-corrected chi connectivity index (χ0v) is 8.08. The average Bonchev–Trinajstić information content (AvgIpc) is 2.37. The molecule has 0 amide bonds. The molecule has 1 rings (SSSR count). The van der Waals surface area contributed by atoms with E-state index in [1.807, 2.05) is 12.2 Å². The van der Waals surface area contributed by atoms with Gasteiger partial charge >= 0.3 is 34.8 Å². The topological polar surface area (TPSA) is 34.1 Å². The van der Waals surface area contributed by atoms with E-state index in [1.54, 1.807) is 0 Å². The van der Waals surface area contributed by atoms with Gasteiger partial charge in [0.15, 0.2) is 0 Å². The van der Waals surface area contributed by atoms with Crippen LogP contribution < -0.4 is 0 Å². The molecule has 0 N–H and O–H groups in total. The Morgan fingerprint density at radius 3 is 1.75 bits per heavy atom. The summed E-state index contributed by atoms with van der Waals surface area (Å²) in [6.45, 7) is 0. The Labute approximate surface area is 77.9 Å². The zero-order valence-electron chi connectivity index (χ0n) is 6.34. The summed E-state index contributed by atoms with van der Waals surface area (Å²) in [6.07, 6.45) is 13.5. The second kappa shape index (κ2) is 10.0. The summed E-state index contributed by atoms with van der Waals surface area (Å²) in [5.74, 6) is 0. The summed E-state index contributed by atoms with van der Waals surface area (Å²) in [4.78, 5) is 18.1. The van der Waals surface area contributed by atoms with E-state index in [0.717, 1.165) is 6.42 Å². The van der Waals surface area contributed by atoms with Gasteiger partial charge in [0, 0.05) is 0 Å². The van der Waals surface area contributed by atoms with Crippen LogP contribution in [-0.4, -0.2) is 8.95 Å². The van der Waals surface area contributed by atoms with Gasteiger partial charge in [0.2, 0.25) is 0 Å². The molecule has 12 heavy (non-hydrogen) atoms. The zero-order chi connectivity index (χ0) is 9.07. The molecule has 64 valence electrons. The van der Waals surface area contributed by atoms with Gasteiger partial charge in [0.25, 0.3) is 0 Å². The van der Waals surface area contributed by atoms with Crippen molar-refractivity contribution in [1.82, 2.24) is 0 Å². The molecule has 0 aromatic carbocycles. The Balaban J connectivity index is 0.000000217. The minimum absolute atomic E-state index is 0.842. The SMILES string of the molecule is C1=CC=CCC=C1.O=[C]=[Ru]=[C]=O. The monoisotopic (exact) mass is 250 g/mol. The Bertz CT molecular complexity index is 270. The minimum atomic E-state index is -0.842. The Hall–Kier alpha value is -0.997. The van der Waals surface area contributed by atoms with Gasteiger partial charge in [-0.25, -0.2) is 0 Å². The molecule has 0 saturated carbocycles. The Morgan fingerprint density at radius 2 is 1.42 bits per heavy atom. The quantitative estimate of drug-likeness (QED) is 0.606. The first-order valence-electron chi connectivity index (χ1n) is 3.24. The third-order valence-corrected chi connectivity index (χ3v) is 1.30. The van der Waals surface area contributed by atoms with Crippen LogP contribution in [0.4, 0.5) is 0 Å². The summed E-state index contributed by atoms with van der Waals surface area (Å²) in [5, 5.41) is 0. The van der Waals surface area contributed by atoms with Crippen molar-refractivity contribution in [2.24, 2.45) is 0 Å². The van der Waals surface area contributed by atoms with E-state index >= 15 is 0 Å².